The predicted octanol–water partition coefficient (Wildman–Crippen LogP) is 3.35. The van der Waals surface area contributed by atoms with Crippen LogP contribution in [0.5, 0.6) is 11.5 Å². The molecule has 8 nitrogen and oxygen atoms in total. The van der Waals surface area contributed by atoms with Gasteiger partial charge in [-0.1, -0.05) is 36.4 Å². The molecular weight excluding hydrogens is 404 g/mol. The fourth-order valence-electron chi connectivity index (χ4n) is 2.24. The van der Waals surface area contributed by atoms with Crippen LogP contribution in [0.25, 0.3) is 12.2 Å². The summed E-state index contributed by atoms with van der Waals surface area (Å²) in [7, 11) is 0. The zero-order chi connectivity index (χ0) is 22.6. The topological polar surface area (TPSA) is 130 Å². The van der Waals surface area contributed by atoms with Crippen LogP contribution in [-0.2, 0) is 14.4 Å². The normalized spacial score (nSPS) is 11.5. The number of carbonyl (C=O) groups excluding carboxylic acids is 1. The average molecular weight is 424 g/mol. The maximum Gasteiger partial charge on any atom is 0.341 e. The number of aliphatic hydroxyl groups excluding tert-OH is 1. The average Bonchev–Trinajstić information content (AvgIpc) is 2.74. The Morgan fingerprint density at radius 2 is 1.10 bits per heavy atom. The summed E-state index contributed by atoms with van der Waals surface area (Å²) in [5.74, 6) is -2.00. The summed E-state index contributed by atoms with van der Waals surface area (Å²) in [6.07, 6.45) is 6.83. The van der Waals surface area contributed by atoms with Crippen molar-refractivity contribution in [2.24, 2.45) is 0 Å². The molecule has 0 radical (unpaired) electrons. The summed E-state index contributed by atoms with van der Waals surface area (Å²) in [4.78, 5) is 32.9. The molecule has 0 unspecified atom stereocenters. The van der Waals surface area contributed by atoms with Crippen molar-refractivity contribution >= 4 is 29.9 Å². The van der Waals surface area contributed by atoms with Crippen molar-refractivity contribution in [2.75, 3.05) is 13.2 Å². The summed E-state index contributed by atoms with van der Waals surface area (Å²) < 4.78 is 10.0. The molecule has 31 heavy (non-hydrogen) atoms. The molecule has 2 aromatic rings. The monoisotopic (exact) mass is 424 g/mol. The van der Waals surface area contributed by atoms with Crippen LogP contribution in [0.15, 0.2) is 72.5 Å². The van der Waals surface area contributed by atoms with E-state index in [1.54, 1.807) is 60.7 Å². The number of ether oxygens (including phenoxy) is 2. The van der Waals surface area contributed by atoms with Gasteiger partial charge in [-0.25, -0.2) is 9.59 Å². The van der Waals surface area contributed by atoms with Gasteiger partial charge in [0, 0.05) is 6.08 Å². The standard InChI is InChI=1S/C23H20O8/c24-18(7-1-16-3-9-20(10-4-16)30-14-22(26)27)13-19(25)8-2-17-5-11-21(12-6-17)31-15-23(28)29/h1-13,24H,14-15H2,(H,26,27)(H,28,29)/b7-1+,8-2+,18-13-. The lowest BCUT2D eigenvalue weighted by Crippen LogP contribution is -2.09. The van der Waals surface area contributed by atoms with Crippen LogP contribution >= 0.6 is 0 Å². The Bertz CT molecular complexity index is 999. The molecule has 160 valence electrons. The fourth-order valence-corrected chi connectivity index (χ4v) is 2.24. The summed E-state index contributed by atoms with van der Waals surface area (Å²) in [5, 5.41) is 27.0. The number of ketones is 1. The molecule has 0 bridgehead atoms. The molecule has 0 saturated carbocycles. The van der Waals surface area contributed by atoms with Gasteiger partial charge in [0.25, 0.3) is 0 Å². The quantitative estimate of drug-likeness (QED) is 0.284. The number of carboxylic acid groups (broad SMARTS) is 2. The Kier molecular flexibility index (Phi) is 8.60. The molecule has 0 aliphatic carbocycles. The number of rotatable bonds is 11. The second kappa shape index (κ2) is 11.6. The van der Waals surface area contributed by atoms with E-state index in [0.717, 1.165) is 11.6 Å². The molecule has 2 rings (SSSR count). The largest absolute Gasteiger partial charge is 0.508 e. The summed E-state index contributed by atoms with van der Waals surface area (Å²) >= 11 is 0. The molecule has 0 fully saturated rings. The van der Waals surface area contributed by atoms with E-state index in [1.807, 2.05) is 0 Å². The number of carboxylic acids is 2. The maximum absolute atomic E-state index is 11.9. The summed E-state index contributed by atoms with van der Waals surface area (Å²) in [5.41, 5.74) is 1.42. The molecule has 0 aliphatic rings. The maximum atomic E-state index is 11.9. The van der Waals surface area contributed by atoms with Crippen LogP contribution in [0.2, 0.25) is 0 Å². The molecule has 0 amide bonds. The van der Waals surface area contributed by atoms with E-state index in [0.29, 0.717) is 17.1 Å². The lowest BCUT2D eigenvalue weighted by molar-refractivity contribution is -0.140. The lowest BCUT2D eigenvalue weighted by Gasteiger charge is -2.02. The van der Waals surface area contributed by atoms with Crippen molar-refractivity contribution in [3.05, 3.63) is 83.6 Å². The lowest BCUT2D eigenvalue weighted by atomic mass is 10.1. The number of allylic oxidation sites excluding steroid dienone is 3. The number of benzene rings is 2. The Morgan fingerprint density at radius 1 is 0.677 bits per heavy atom. The molecule has 8 heteroatoms. The Morgan fingerprint density at radius 3 is 1.52 bits per heavy atom. The highest BCUT2D eigenvalue weighted by atomic mass is 16.5. The molecule has 0 heterocycles. The highest BCUT2D eigenvalue weighted by molar-refractivity contribution is 6.02. The minimum Gasteiger partial charge on any atom is -0.508 e. The summed E-state index contributed by atoms with van der Waals surface area (Å²) in [6.45, 7) is -0.870. The van der Waals surface area contributed by atoms with Gasteiger partial charge in [0.1, 0.15) is 17.3 Å². The zero-order valence-electron chi connectivity index (χ0n) is 16.3. The minimum absolute atomic E-state index is 0.238. The fraction of sp³-hybridized carbons (Fsp3) is 0.0870. The van der Waals surface area contributed by atoms with Gasteiger partial charge in [-0.2, -0.15) is 0 Å². The van der Waals surface area contributed by atoms with Crippen molar-refractivity contribution in [1.29, 1.82) is 0 Å². The van der Waals surface area contributed by atoms with Gasteiger partial charge in [0.05, 0.1) is 0 Å². The third-order valence-electron chi connectivity index (χ3n) is 3.66. The first kappa shape index (κ1) is 23.0. The third-order valence-corrected chi connectivity index (χ3v) is 3.66. The SMILES string of the molecule is O=C(/C=C(O)/C=C/c1ccc(OCC(=O)O)cc1)/C=C/c1ccc(OCC(=O)O)cc1. The van der Waals surface area contributed by atoms with Crippen molar-refractivity contribution in [3.63, 3.8) is 0 Å². The number of aliphatic carboxylic acids is 2. The Hall–Kier alpha value is -4.33. The summed E-state index contributed by atoms with van der Waals surface area (Å²) in [6, 6.07) is 13.0. The smallest absolute Gasteiger partial charge is 0.341 e. The van der Waals surface area contributed by atoms with Gasteiger partial charge >= 0.3 is 11.9 Å². The molecule has 3 N–H and O–H groups in total. The zero-order valence-corrected chi connectivity index (χ0v) is 16.3. The van der Waals surface area contributed by atoms with E-state index < -0.39 is 30.9 Å². The van der Waals surface area contributed by atoms with Crippen LogP contribution in [0.4, 0.5) is 0 Å². The van der Waals surface area contributed by atoms with Gasteiger partial charge in [-0.3, -0.25) is 4.79 Å². The number of aliphatic hydroxyl groups is 1. The van der Waals surface area contributed by atoms with Crippen LogP contribution < -0.4 is 9.47 Å². The van der Waals surface area contributed by atoms with Gasteiger partial charge in [0.2, 0.25) is 0 Å². The van der Waals surface area contributed by atoms with Gasteiger partial charge in [0.15, 0.2) is 19.0 Å². The molecule has 0 aliphatic heterocycles. The first-order chi connectivity index (χ1) is 14.8. The molecule has 0 aromatic heterocycles. The first-order valence-electron chi connectivity index (χ1n) is 9.02. The minimum atomic E-state index is -1.07. The highest BCUT2D eigenvalue weighted by Gasteiger charge is 2.00. The first-order valence-corrected chi connectivity index (χ1v) is 9.02. The van der Waals surface area contributed by atoms with Crippen LogP contribution in [0, 0.1) is 0 Å². The molecule has 0 atom stereocenters. The molecule has 0 saturated heterocycles. The van der Waals surface area contributed by atoms with Crippen LogP contribution in [-0.4, -0.2) is 46.3 Å². The number of hydrogen-bond acceptors (Lipinski definition) is 6. The van der Waals surface area contributed by atoms with E-state index in [2.05, 4.69) is 0 Å². The second-order valence-electron chi connectivity index (χ2n) is 6.14. The molecule has 0 spiro atoms. The third kappa shape index (κ3) is 9.14. The van der Waals surface area contributed by atoms with E-state index in [1.165, 1.54) is 12.2 Å². The van der Waals surface area contributed by atoms with E-state index in [9.17, 15) is 19.5 Å². The van der Waals surface area contributed by atoms with E-state index >= 15 is 0 Å². The number of hydrogen-bond donors (Lipinski definition) is 3. The predicted molar refractivity (Wildman–Crippen MR) is 113 cm³/mol. The number of carbonyl (C=O) groups is 3. The van der Waals surface area contributed by atoms with Crippen LogP contribution in [0.1, 0.15) is 11.1 Å². The van der Waals surface area contributed by atoms with E-state index in [-0.39, 0.29) is 5.76 Å². The van der Waals surface area contributed by atoms with Crippen LogP contribution in [0.3, 0.4) is 0 Å². The van der Waals surface area contributed by atoms with Gasteiger partial charge in [-0.15, -0.1) is 0 Å². The van der Waals surface area contributed by atoms with Crippen molar-refractivity contribution in [3.8, 4) is 11.5 Å². The van der Waals surface area contributed by atoms with Crippen molar-refractivity contribution in [1.82, 2.24) is 0 Å². The Balaban J connectivity index is 1.88. The van der Waals surface area contributed by atoms with Gasteiger partial charge in [-0.05, 0) is 47.5 Å². The second-order valence-corrected chi connectivity index (χ2v) is 6.14. The van der Waals surface area contributed by atoms with Crippen molar-refractivity contribution in [2.45, 2.75) is 0 Å². The van der Waals surface area contributed by atoms with Gasteiger partial charge < -0.3 is 24.8 Å². The van der Waals surface area contributed by atoms with Crippen molar-refractivity contribution < 1.29 is 39.2 Å². The molecule has 2 aromatic carbocycles. The van der Waals surface area contributed by atoms with E-state index in [4.69, 9.17) is 19.7 Å². The molecular formula is C23H20O8. The highest BCUT2D eigenvalue weighted by Crippen LogP contribution is 2.14. The Labute approximate surface area is 178 Å².